The molecule has 1 aromatic heterocycles. The number of nitrogens with one attached hydrogen (secondary N) is 1. The van der Waals surface area contributed by atoms with Crippen molar-refractivity contribution in [3.63, 3.8) is 0 Å². The van der Waals surface area contributed by atoms with Gasteiger partial charge in [0.05, 0.1) is 5.52 Å². The summed E-state index contributed by atoms with van der Waals surface area (Å²) in [6.45, 7) is 0.141. The Morgan fingerprint density at radius 3 is 2.67 bits per heavy atom. The zero-order valence-corrected chi connectivity index (χ0v) is 15.7. The van der Waals surface area contributed by atoms with Crippen molar-refractivity contribution in [1.29, 1.82) is 0 Å². The smallest absolute Gasteiger partial charge is 0.408 e. The molecule has 0 bridgehead atoms. The largest absolute Gasteiger partial charge is 0.445 e. The molecule has 8 heteroatoms. The van der Waals surface area contributed by atoms with Crippen LogP contribution in [0.15, 0.2) is 54.6 Å². The van der Waals surface area contributed by atoms with Crippen molar-refractivity contribution in [3.8, 4) is 0 Å². The molecular weight excluding hydrogens is 364 g/mol. The molecule has 0 saturated carbocycles. The number of carbonyl (C=O) groups is 2. The maximum Gasteiger partial charge on any atom is 0.408 e. The maximum absolute atomic E-state index is 12.9. The third kappa shape index (κ3) is 4.85. The Bertz CT molecular complexity index is 913. The molecule has 0 radical (unpaired) electrons. The van der Waals surface area contributed by atoms with Gasteiger partial charge in [-0.25, -0.2) is 4.79 Å². The first kappa shape index (κ1) is 18.9. The highest BCUT2D eigenvalue weighted by molar-refractivity contribution is 7.98. The lowest BCUT2D eigenvalue weighted by atomic mass is 10.2. The molecule has 0 aliphatic heterocycles. The first-order chi connectivity index (χ1) is 13.2. The fraction of sp³-hybridized carbons (Fsp3) is 0.263. The highest BCUT2D eigenvalue weighted by atomic mass is 32.2. The van der Waals surface area contributed by atoms with E-state index in [-0.39, 0.29) is 12.5 Å². The molecule has 3 rings (SSSR count). The van der Waals surface area contributed by atoms with Gasteiger partial charge in [0.1, 0.15) is 18.2 Å². The van der Waals surface area contributed by atoms with Crippen molar-refractivity contribution in [2.24, 2.45) is 0 Å². The van der Waals surface area contributed by atoms with Gasteiger partial charge in [-0.15, -0.1) is 5.10 Å². The van der Waals surface area contributed by atoms with Crippen LogP contribution in [0.1, 0.15) is 16.8 Å². The number of thioether (sulfide) groups is 1. The number of alkyl carbamates (subject to hydrolysis) is 1. The Labute approximate surface area is 161 Å². The van der Waals surface area contributed by atoms with Crippen LogP contribution in [0.4, 0.5) is 4.79 Å². The zero-order chi connectivity index (χ0) is 19.1. The summed E-state index contributed by atoms with van der Waals surface area (Å²) in [5, 5.41) is 10.6. The van der Waals surface area contributed by atoms with Crippen LogP contribution < -0.4 is 5.32 Å². The SMILES string of the molecule is CSCCC(NC(=O)OCc1ccccc1)C(=O)n1nnc2ccccc21. The first-order valence-electron chi connectivity index (χ1n) is 8.50. The molecule has 1 amide bonds. The molecule has 1 atom stereocenters. The summed E-state index contributed by atoms with van der Waals surface area (Å²) in [6, 6.07) is 15.8. The van der Waals surface area contributed by atoms with Crippen LogP contribution in [-0.2, 0) is 11.3 Å². The van der Waals surface area contributed by atoms with Crippen LogP contribution >= 0.6 is 11.8 Å². The number of hydrogen-bond acceptors (Lipinski definition) is 6. The van der Waals surface area contributed by atoms with E-state index in [1.54, 1.807) is 23.9 Å². The van der Waals surface area contributed by atoms with E-state index in [1.807, 2.05) is 48.7 Å². The molecule has 0 saturated heterocycles. The van der Waals surface area contributed by atoms with Crippen molar-refractivity contribution in [2.45, 2.75) is 19.1 Å². The Kier molecular flexibility index (Phi) is 6.43. The van der Waals surface area contributed by atoms with Crippen LogP contribution in [0.25, 0.3) is 11.0 Å². The van der Waals surface area contributed by atoms with Gasteiger partial charge in [0.2, 0.25) is 0 Å². The number of hydrogen-bond donors (Lipinski definition) is 1. The third-order valence-electron chi connectivity index (χ3n) is 3.97. The second kappa shape index (κ2) is 9.18. The minimum atomic E-state index is -0.745. The fourth-order valence-electron chi connectivity index (χ4n) is 2.58. The molecule has 0 spiro atoms. The van der Waals surface area contributed by atoms with Gasteiger partial charge in [0, 0.05) is 0 Å². The molecular formula is C19H20N4O3S. The molecule has 27 heavy (non-hydrogen) atoms. The van der Waals surface area contributed by atoms with Crippen molar-refractivity contribution in [2.75, 3.05) is 12.0 Å². The van der Waals surface area contributed by atoms with Gasteiger partial charge in [-0.3, -0.25) is 4.79 Å². The van der Waals surface area contributed by atoms with E-state index >= 15 is 0 Å². The van der Waals surface area contributed by atoms with Crippen LogP contribution in [0, 0.1) is 0 Å². The van der Waals surface area contributed by atoms with E-state index in [4.69, 9.17) is 4.74 Å². The van der Waals surface area contributed by atoms with E-state index in [1.165, 1.54) is 4.68 Å². The van der Waals surface area contributed by atoms with Gasteiger partial charge in [-0.2, -0.15) is 16.4 Å². The van der Waals surface area contributed by atoms with Gasteiger partial charge in [0.15, 0.2) is 0 Å². The van der Waals surface area contributed by atoms with E-state index in [9.17, 15) is 9.59 Å². The zero-order valence-electron chi connectivity index (χ0n) is 14.9. The number of carbonyl (C=O) groups excluding carboxylic acids is 2. The number of benzene rings is 2. The average Bonchev–Trinajstić information content (AvgIpc) is 3.14. The Morgan fingerprint density at radius 2 is 1.89 bits per heavy atom. The topological polar surface area (TPSA) is 86.1 Å². The first-order valence-corrected chi connectivity index (χ1v) is 9.89. The highest BCUT2D eigenvalue weighted by Crippen LogP contribution is 2.12. The van der Waals surface area contributed by atoms with Gasteiger partial charge < -0.3 is 10.1 Å². The molecule has 0 fully saturated rings. The highest BCUT2D eigenvalue weighted by Gasteiger charge is 2.25. The van der Waals surface area contributed by atoms with Crippen LogP contribution in [-0.4, -0.2) is 45.0 Å². The molecule has 7 nitrogen and oxygen atoms in total. The summed E-state index contributed by atoms with van der Waals surface area (Å²) in [6.07, 6.45) is 1.78. The van der Waals surface area contributed by atoms with E-state index < -0.39 is 12.1 Å². The predicted molar refractivity (Wildman–Crippen MR) is 105 cm³/mol. The van der Waals surface area contributed by atoms with Crippen molar-refractivity contribution in [1.82, 2.24) is 20.3 Å². The summed E-state index contributed by atoms with van der Waals surface area (Å²) in [5.41, 5.74) is 2.11. The lowest BCUT2D eigenvalue weighted by molar-refractivity contribution is 0.0822. The van der Waals surface area contributed by atoms with E-state index in [0.717, 1.165) is 5.56 Å². The minimum Gasteiger partial charge on any atom is -0.445 e. The quantitative estimate of drug-likeness (QED) is 0.674. The number of amides is 1. The second-order valence-electron chi connectivity index (χ2n) is 5.87. The van der Waals surface area contributed by atoms with Gasteiger partial charge >= 0.3 is 6.09 Å². The number of fused-ring (bicyclic) bond motifs is 1. The Hall–Kier alpha value is -2.87. The average molecular weight is 384 g/mol. The molecule has 2 aromatic carbocycles. The summed E-state index contributed by atoms with van der Waals surface area (Å²) in [7, 11) is 0. The molecule has 1 N–H and O–H groups in total. The maximum atomic E-state index is 12.9. The lowest BCUT2D eigenvalue weighted by Crippen LogP contribution is -2.44. The summed E-state index contributed by atoms with van der Waals surface area (Å²) in [5.74, 6) is 0.372. The van der Waals surface area contributed by atoms with E-state index in [0.29, 0.717) is 23.2 Å². The van der Waals surface area contributed by atoms with Crippen LogP contribution in [0.5, 0.6) is 0 Å². The summed E-state index contributed by atoms with van der Waals surface area (Å²) < 4.78 is 6.47. The van der Waals surface area contributed by atoms with Gasteiger partial charge in [-0.1, -0.05) is 47.7 Å². The molecule has 1 heterocycles. The normalized spacial score (nSPS) is 11.9. The van der Waals surface area contributed by atoms with Crippen molar-refractivity contribution in [3.05, 3.63) is 60.2 Å². The van der Waals surface area contributed by atoms with Crippen molar-refractivity contribution < 1.29 is 14.3 Å². The van der Waals surface area contributed by atoms with Crippen LogP contribution in [0.2, 0.25) is 0 Å². The fourth-order valence-corrected chi connectivity index (χ4v) is 3.05. The molecule has 1 unspecified atom stereocenters. The van der Waals surface area contributed by atoms with Gasteiger partial charge in [-0.05, 0) is 36.1 Å². The molecule has 0 aliphatic rings. The van der Waals surface area contributed by atoms with Crippen LogP contribution in [0.3, 0.4) is 0 Å². The number of rotatable bonds is 7. The number of nitrogens with zero attached hydrogens (tertiary/aromatic N) is 3. The lowest BCUT2D eigenvalue weighted by Gasteiger charge is -2.17. The van der Waals surface area contributed by atoms with Crippen molar-refractivity contribution >= 4 is 34.8 Å². The summed E-state index contributed by atoms with van der Waals surface area (Å²) in [4.78, 5) is 25.1. The second-order valence-corrected chi connectivity index (χ2v) is 6.85. The molecule has 3 aromatic rings. The Balaban J connectivity index is 1.69. The number of ether oxygens (including phenoxy) is 1. The van der Waals surface area contributed by atoms with E-state index in [2.05, 4.69) is 15.6 Å². The van der Waals surface area contributed by atoms with Gasteiger partial charge in [0.25, 0.3) is 5.91 Å². The molecule has 140 valence electrons. The predicted octanol–water partition coefficient (Wildman–Crippen LogP) is 3.12. The monoisotopic (exact) mass is 384 g/mol. The number of aromatic nitrogens is 3. The third-order valence-corrected chi connectivity index (χ3v) is 4.62. The number of para-hydroxylation sites is 1. The minimum absolute atomic E-state index is 0.141. The standard InChI is InChI=1S/C19H20N4O3S/c1-27-12-11-16(20-19(25)26-13-14-7-3-2-4-8-14)18(24)23-17-10-6-5-9-15(17)21-22-23/h2-10,16H,11-13H2,1H3,(H,20,25). The summed E-state index contributed by atoms with van der Waals surface area (Å²) >= 11 is 1.60. The Morgan fingerprint density at radius 1 is 1.15 bits per heavy atom. The molecule has 0 aliphatic carbocycles.